The van der Waals surface area contributed by atoms with Crippen molar-refractivity contribution in [3.8, 4) is 0 Å². The Morgan fingerprint density at radius 2 is 2.25 bits per heavy atom. The summed E-state index contributed by atoms with van der Waals surface area (Å²) in [7, 11) is 1.86. The molecular weight excluding hydrogens is 202 g/mol. The molecule has 2 aromatic rings. The van der Waals surface area contributed by atoms with Gasteiger partial charge in [-0.25, -0.2) is 14.6 Å². The Morgan fingerprint density at radius 1 is 1.44 bits per heavy atom. The first kappa shape index (κ1) is 9.57. The number of rotatable bonds is 3. The van der Waals surface area contributed by atoms with E-state index in [-0.39, 0.29) is 0 Å². The van der Waals surface area contributed by atoms with E-state index in [0.717, 1.165) is 22.8 Å². The van der Waals surface area contributed by atoms with E-state index in [1.54, 1.807) is 6.33 Å². The summed E-state index contributed by atoms with van der Waals surface area (Å²) in [5.74, 6) is 1.62. The Bertz CT molecular complexity index is 514. The number of nitrogens with zero attached hydrogens (tertiary/aromatic N) is 4. The smallest absolute Gasteiger partial charge is 0.163 e. The van der Waals surface area contributed by atoms with Gasteiger partial charge in [-0.3, -0.25) is 0 Å². The Labute approximate surface area is 93.9 Å². The Kier molecular flexibility index (Phi) is 2.05. The highest BCUT2D eigenvalue weighted by atomic mass is 15.3. The fraction of sp³-hybridized carbons (Fsp3) is 0.545. The van der Waals surface area contributed by atoms with Crippen LogP contribution in [0, 0.1) is 5.92 Å². The number of hydrogen-bond acceptors (Lipinski definition) is 4. The molecule has 1 aliphatic carbocycles. The van der Waals surface area contributed by atoms with Gasteiger partial charge in [0.1, 0.15) is 12.1 Å². The molecule has 5 nitrogen and oxygen atoms in total. The average molecular weight is 217 g/mol. The Hall–Kier alpha value is -1.65. The number of nitrogens with one attached hydrogen (secondary N) is 1. The van der Waals surface area contributed by atoms with Crippen LogP contribution in [0.3, 0.4) is 0 Å². The first-order chi connectivity index (χ1) is 7.81. The third-order valence-electron chi connectivity index (χ3n) is 3.32. The molecular formula is C11H15N5. The van der Waals surface area contributed by atoms with Crippen molar-refractivity contribution in [2.75, 3.05) is 12.4 Å². The molecule has 84 valence electrons. The zero-order valence-corrected chi connectivity index (χ0v) is 9.51. The van der Waals surface area contributed by atoms with Crippen LogP contribution in [0.4, 0.5) is 5.82 Å². The van der Waals surface area contributed by atoms with Gasteiger partial charge < -0.3 is 5.32 Å². The number of hydrogen-bond donors (Lipinski definition) is 1. The van der Waals surface area contributed by atoms with Crippen molar-refractivity contribution < 1.29 is 0 Å². The van der Waals surface area contributed by atoms with Crippen molar-refractivity contribution in [1.29, 1.82) is 0 Å². The van der Waals surface area contributed by atoms with Crippen LogP contribution in [0.1, 0.15) is 25.8 Å². The molecule has 0 radical (unpaired) electrons. The van der Waals surface area contributed by atoms with E-state index in [0.29, 0.717) is 6.04 Å². The second kappa shape index (κ2) is 3.43. The van der Waals surface area contributed by atoms with Crippen molar-refractivity contribution >= 4 is 16.9 Å². The first-order valence-corrected chi connectivity index (χ1v) is 5.67. The molecule has 1 aliphatic rings. The summed E-state index contributed by atoms with van der Waals surface area (Å²) >= 11 is 0. The van der Waals surface area contributed by atoms with Crippen molar-refractivity contribution in [2.24, 2.45) is 5.92 Å². The monoisotopic (exact) mass is 217 g/mol. The largest absolute Gasteiger partial charge is 0.372 e. The normalized spacial score (nSPS) is 17.6. The van der Waals surface area contributed by atoms with Crippen LogP contribution in [-0.2, 0) is 0 Å². The Balaban J connectivity index is 2.12. The van der Waals surface area contributed by atoms with Crippen molar-refractivity contribution in [1.82, 2.24) is 19.7 Å². The topological polar surface area (TPSA) is 55.6 Å². The molecule has 3 rings (SSSR count). The molecule has 0 aliphatic heterocycles. The van der Waals surface area contributed by atoms with Gasteiger partial charge in [0.15, 0.2) is 5.65 Å². The van der Waals surface area contributed by atoms with Crippen LogP contribution in [0.5, 0.6) is 0 Å². The second-order valence-corrected chi connectivity index (χ2v) is 4.38. The summed E-state index contributed by atoms with van der Waals surface area (Å²) in [5.41, 5.74) is 0.929. The summed E-state index contributed by atoms with van der Waals surface area (Å²) in [6, 6.07) is 0.442. The quantitative estimate of drug-likeness (QED) is 0.852. The molecule has 0 saturated heterocycles. The molecule has 1 saturated carbocycles. The minimum atomic E-state index is 0.442. The van der Waals surface area contributed by atoms with Crippen molar-refractivity contribution in [3.05, 3.63) is 12.5 Å². The van der Waals surface area contributed by atoms with E-state index >= 15 is 0 Å². The standard InChI is InChI=1S/C11H15N5/c1-7(8-3-4-8)16-11-9(5-15-16)10(12-2)13-6-14-11/h5-8H,3-4H2,1-2H3,(H,12,13,14). The SMILES string of the molecule is CNc1ncnc2c1cnn2C(C)C1CC1. The maximum absolute atomic E-state index is 4.44. The summed E-state index contributed by atoms with van der Waals surface area (Å²) in [6.07, 6.45) is 6.06. The molecule has 1 N–H and O–H groups in total. The van der Waals surface area contributed by atoms with Gasteiger partial charge in [-0.2, -0.15) is 5.10 Å². The molecule has 0 spiro atoms. The van der Waals surface area contributed by atoms with Crippen LogP contribution >= 0.6 is 0 Å². The van der Waals surface area contributed by atoms with E-state index in [1.807, 2.05) is 17.9 Å². The zero-order chi connectivity index (χ0) is 11.1. The highest BCUT2D eigenvalue weighted by molar-refractivity contribution is 5.85. The first-order valence-electron chi connectivity index (χ1n) is 5.67. The third kappa shape index (κ3) is 1.35. The van der Waals surface area contributed by atoms with Gasteiger partial charge in [0, 0.05) is 7.05 Å². The summed E-state index contributed by atoms with van der Waals surface area (Å²) < 4.78 is 2.02. The van der Waals surface area contributed by atoms with Crippen LogP contribution in [0.25, 0.3) is 11.0 Å². The van der Waals surface area contributed by atoms with Gasteiger partial charge in [0.05, 0.1) is 17.6 Å². The molecule has 2 aromatic heterocycles. The molecule has 16 heavy (non-hydrogen) atoms. The molecule has 0 amide bonds. The minimum Gasteiger partial charge on any atom is -0.372 e. The molecule has 0 aromatic carbocycles. The summed E-state index contributed by atoms with van der Waals surface area (Å²) in [6.45, 7) is 2.21. The van der Waals surface area contributed by atoms with Gasteiger partial charge >= 0.3 is 0 Å². The lowest BCUT2D eigenvalue weighted by Gasteiger charge is -2.11. The fourth-order valence-corrected chi connectivity index (χ4v) is 2.14. The highest BCUT2D eigenvalue weighted by Gasteiger charge is 2.30. The van der Waals surface area contributed by atoms with Crippen LogP contribution in [0.15, 0.2) is 12.5 Å². The van der Waals surface area contributed by atoms with Crippen LogP contribution in [0.2, 0.25) is 0 Å². The summed E-state index contributed by atoms with van der Waals surface area (Å²) in [4.78, 5) is 8.51. The predicted octanol–water partition coefficient (Wildman–Crippen LogP) is 1.84. The van der Waals surface area contributed by atoms with Crippen LogP contribution < -0.4 is 5.32 Å². The fourth-order valence-electron chi connectivity index (χ4n) is 2.14. The van der Waals surface area contributed by atoms with Crippen molar-refractivity contribution in [2.45, 2.75) is 25.8 Å². The predicted molar refractivity (Wildman–Crippen MR) is 62.3 cm³/mol. The lowest BCUT2D eigenvalue weighted by atomic mass is 10.2. The third-order valence-corrected chi connectivity index (χ3v) is 3.32. The van der Waals surface area contributed by atoms with Gasteiger partial charge in [0.2, 0.25) is 0 Å². The number of fused-ring (bicyclic) bond motifs is 1. The van der Waals surface area contributed by atoms with Gasteiger partial charge in [-0.15, -0.1) is 0 Å². The van der Waals surface area contributed by atoms with E-state index in [2.05, 4.69) is 27.3 Å². The minimum absolute atomic E-state index is 0.442. The van der Waals surface area contributed by atoms with E-state index in [1.165, 1.54) is 12.8 Å². The average Bonchev–Trinajstić information content (AvgIpc) is 3.07. The molecule has 1 unspecified atom stereocenters. The lowest BCUT2D eigenvalue weighted by molar-refractivity contribution is 0.450. The zero-order valence-electron chi connectivity index (χ0n) is 9.51. The van der Waals surface area contributed by atoms with E-state index in [4.69, 9.17) is 0 Å². The number of aromatic nitrogens is 4. The van der Waals surface area contributed by atoms with Gasteiger partial charge in [-0.05, 0) is 25.7 Å². The highest BCUT2D eigenvalue weighted by Crippen LogP contribution is 2.40. The molecule has 1 atom stereocenters. The molecule has 5 heteroatoms. The molecule has 1 fully saturated rings. The second-order valence-electron chi connectivity index (χ2n) is 4.38. The number of anilines is 1. The molecule has 2 heterocycles. The van der Waals surface area contributed by atoms with E-state index in [9.17, 15) is 0 Å². The summed E-state index contributed by atoms with van der Waals surface area (Å²) in [5, 5.41) is 8.50. The van der Waals surface area contributed by atoms with E-state index < -0.39 is 0 Å². The van der Waals surface area contributed by atoms with Gasteiger partial charge in [0.25, 0.3) is 0 Å². The lowest BCUT2D eigenvalue weighted by Crippen LogP contribution is -2.09. The maximum atomic E-state index is 4.44. The Morgan fingerprint density at radius 3 is 2.94 bits per heavy atom. The maximum Gasteiger partial charge on any atom is 0.163 e. The molecule has 0 bridgehead atoms. The van der Waals surface area contributed by atoms with Crippen molar-refractivity contribution in [3.63, 3.8) is 0 Å². The van der Waals surface area contributed by atoms with Gasteiger partial charge in [-0.1, -0.05) is 0 Å². The van der Waals surface area contributed by atoms with Crippen LogP contribution in [-0.4, -0.2) is 26.8 Å².